The third kappa shape index (κ3) is 2.98. The van der Waals surface area contributed by atoms with Gasteiger partial charge in [0.15, 0.2) is 6.04 Å². The third-order valence-electron chi connectivity index (χ3n) is 3.50. The van der Waals surface area contributed by atoms with Crippen molar-refractivity contribution in [2.45, 2.75) is 32.7 Å². The van der Waals surface area contributed by atoms with Crippen LogP contribution in [0.25, 0.3) is 0 Å². The Morgan fingerprint density at radius 3 is 2.80 bits per heavy atom. The fourth-order valence-corrected chi connectivity index (χ4v) is 2.34. The molecule has 0 aliphatic carbocycles. The van der Waals surface area contributed by atoms with Gasteiger partial charge in [-0.2, -0.15) is 0 Å². The van der Waals surface area contributed by atoms with Crippen molar-refractivity contribution in [2.24, 2.45) is 0 Å². The number of amides is 1. The van der Waals surface area contributed by atoms with E-state index in [4.69, 9.17) is 14.4 Å². The summed E-state index contributed by atoms with van der Waals surface area (Å²) in [5.41, 5.74) is 1.69. The lowest BCUT2D eigenvalue weighted by atomic mass is 10.1. The highest BCUT2D eigenvalue weighted by atomic mass is 16.5. The summed E-state index contributed by atoms with van der Waals surface area (Å²) in [5.74, 6) is -0.511. The van der Waals surface area contributed by atoms with Crippen molar-refractivity contribution < 1.29 is 24.0 Å². The Bertz CT molecular complexity index is 491. The Hall–Kier alpha value is -1.89. The van der Waals surface area contributed by atoms with Crippen molar-refractivity contribution in [2.75, 3.05) is 19.8 Å². The van der Waals surface area contributed by atoms with E-state index in [1.807, 2.05) is 6.92 Å². The van der Waals surface area contributed by atoms with Crippen molar-refractivity contribution in [1.82, 2.24) is 10.1 Å². The summed E-state index contributed by atoms with van der Waals surface area (Å²) in [7, 11) is 0. The average molecular weight is 282 g/mol. The molecule has 1 saturated heterocycles. The maximum absolute atomic E-state index is 12.2. The number of morpholine rings is 1. The maximum Gasteiger partial charge on any atom is 0.328 e. The van der Waals surface area contributed by atoms with Crippen LogP contribution >= 0.6 is 0 Å². The molecule has 1 atom stereocenters. The maximum atomic E-state index is 12.2. The molecule has 1 amide bonds. The number of aryl methyl sites for hydroxylation is 2. The van der Waals surface area contributed by atoms with Crippen LogP contribution in [0.2, 0.25) is 0 Å². The van der Waals surface area contributed by atoms with Crippen molar-refractivity contribution in [3.8, 4) is 0 Å². The predicted molar refractivity (Wildman–Crippen MR) is 68.3 cm³/mol. The van der Waals surface area contributed by atoms with E-state index in [1.165, 1.54) is 4.90 Å². The first-order valence-electron chi connectivity index (χ1n) is 6.52. The lowest BCUT2D eigenvalue weighted by molar-refractivity contribution is -0.158. The van der Waals surface area contributed by atoms with Crippen LogP contribution in [-0.4, -0.2) is 52.8 Å². The molecular formula is C13H18N2O5. The van der Waals surface area contributed by atoms with Crippen molar-refractivity contribution in [1.29, 1.82) is 0 Å². The van der Waals surface area contributed by atoms with Crippen LogP contribution in [0.5, 0.6) is 0 Å². The Morgan fingerprint density at radius 2 is 2.20 bits per heavy atom. The number of ether oxygens (including phenoxy) is 1. The van der Waals surface area contributed by atoms with Crippen molar-refractivity contribution in [3.05, 3.63) is 17.0 Å². The first kappa shape index (κ1) is 14.5. The molecule has 0 spiro atoms. The topological polar surface area (TPSA) is 92.9 Å². The van der Waals surface area contributed by atoms with Gasteiger partial charge in [0.1, 0.15) is 5.76 Å². The predicted octanol–water partition coefficient (Wildman–Crippen LogP) is 0.536. The highest BCUT2D eigenvalue weighted by molar-refractivity contribution is 5.84. The number of carbonyl (C=O) groups is 2. The summed E-state index contributed by atoms with van der Waals surface area (Å²) in [4.78, 5) is 24.7. The second-order valence-corrected chi connectivity index (χ2v) is 4.82. The largest absolute Gasteiger partial charge is 0.480 e. The Morgan fingerprint density at radius 1 is 1.45 bits per heavy atom. The van der Waals surface area contributed by atoms with E-state index < -0.39 is 12.0 Å². The van der Waals surface area contributed by atoms with Gasteiger partial charge in [0.05, 0.1) is 18.9 Å². The molecule has 7 nitrogen and oxygen atoms in total. The number of carboxylic acid groups (broad SMARTS) is 1. The number of carbonyl (C=O) groups excluding carboxylic acids is 1. The molecule has 1 aliphatic rings. The first-order chi connectivity index (χ1) is 9.50. The highest BCUT2D eigenvalue weighted by Gasteiger charge is 2.32. The van der Waals surface area contributed by atoms with Gasteiger partial charge in [0.25, 0.3) is 0 Å². The molecular weight excluding hydrogens is 264 g/mol. The number of hydrogen-bond acceptors (Lipinski definition) is 5. The molecule has 7 heteroatoms. The number of nitrogens with zero attached hydrogens (tertiary/aromatic N) is 2. The molecule has 0 aromatic carbocycles. The van der Waals surface area contributed by atoms with Gasteiger partial charge in [0, 0.05) is 18.5 Å². The summed E-state index contributed by atoms with van der Waals surface area (Å²) < 4.78 is 10.2. The summed E-state index contributed by atoms with van der Waals surface area (Å²) in [6.45, 7) is 4.37. The molecule has 110 valence electrons. The number of carboxylic acids is 1. The van der Waals surface area contributed by atoms with Gasteiger partial charge in [-0.05, 0) is 20.3 Å². The minimum absolute atomic E-state index is 0.0480. The molecule has 0 saturated carbocycles. The quantitative estimate of drug-likeness (QED) is 0.866. The van der Waals surface area contributed by atoms with Gasteiger partial charge in [-0.3, -0.25) is 4.79 Å². The highest BCUT2D eigenvalue weighted by Crippen LogP contribution is 2.16. The minimum Gasteiger partial charge on any atom is -0.480 e. The molecule has 1 N–H and O–H groups in total. The van der Waals surface area contributed by atoms with Crippen LogP contribution < -0.4 is 0 Å². The van der Waals surface area contributed by atoms with Gasteiger partial charge in [-0.15, -0.1) is 0 Å². The normalized spacial score (nSPS) is 19.1. The molecule has 2 heterocycles. The smallest absolute Gasteiger partial charge is 0.328 e. The van der Waals surface area contributed by atoms with Crippen LogP contribution in [0.4, 0.5) is 0 Å². The van der Waals surface area contributed by atoms with E-state index in [0.717, 1.165) is 11.3 Å². The molecule has 20 heavy (non-hydrogen) atoms. The lowest BCUT2D eigenvalue weighted by Gasteiger charge is -2.32. The van der Waals surface area contributed by atoms with Crippen LogP contribution in [0.3, 0.4) is 0 Å². The van der Waals surface area contributed by atoms with Gasteiger partial charge < -0.3 is 19.3 Å². The van der Waals surface area contributed by atoms with Crippen LogP contribution in [-0.2, 0) is 20.7 Å². The number of aromatic nitrogens is 1. The minimum atomic E-state index is -1.03. The Kier molecular flexibility index (Phi) is 4.39. The molecule has 2 rings (SSSR count). The number of hydrogen-bond donors (Lipinski definition) is 1. The van der Waals surface area contributed by atoms with Crippen LogP contribution in [0.1, 0.15) is 23.4 Å². The summed E-state index contributed by atoms with van der Waals surface area (Å²) in [5, 5.41) is 12.9. The van der Waals surface area contributed by atoms with Gasteiger partial charge in [0.2, 0.25) is 5.91 Å². The lowest BCUT2D eigenvalue weighted by Crippen LogP contribution is -2.52. The van der Waals surface area contributed by atoms with Crippen LogP contribution in [0.15, 0.2) is 4.52 Å². The van der Waals surface area contributed by atoms with Crippen molar-refractivity contribution in [3.63, 3.8) is 0 Å². The zero-order valence-electron chi connectivity index (χ0n) is 11.6. The SMILES string of the molecule is Cc1noc(C)c1CCC(=O)N1CCOC[C@@H]1C(=O)O. The summed E-state index contributed by atoms with van der Waals surface area (Å²) >= 11 is 0. The zero-order valence-corrected chi connectivity index (χ0v) is 11.6. The number of aliphatic carboxylic acids is 1. The molecule has 1 aromatic heterocycles. The van der Waals surface area contributed by atoms with Crippen LogP contribution in [0, 0.1) is 13.8 Å². The molecule has 1 aliphatic heterocycles. The van der Waals surface area contributed by atoms with Gasteiger partial charge >= 0.3 is 5.97 Å². The zero-order chi connectivity index (χ0) is 14.7. The molecule has 1 fully saturated rings. The van der Waals surface area contributed by atoms with E-state index in [-0.39, 0.29) is 18.9 Å². The number of rotatable bonds is 4. The fourth-order valence-electron chi connectivity index (χ4n) is 2.34. The molecule has 1 aromatic rings. The second-order valence-electron chi connectivity index (χ2n) is 4.82. The van der Waals surface area contributed by atoms with Gasteiger partial charge in [-0.25, -0.2) is 4.79 Å². The van der Waals surface area contributed by atoms with E-state index in [1.54, 1.807) is 6.92 Å². The molecule has 0 bridgehead atoms. The fraction of sp³-hybridized carbons (Fsp3) is 0.615. The molecule has 0 unspecified atom stereocenters. The van der Waals surface area contributed by atoms with E-state index in [0.29, 0.717) is 25.3 Å². The van der Waals surface area contributed by atoms with Crippen molar-refractivity contribution >= 4 is 11.9 Å². The second kappa shape index (κ2) is 6.04. The average Bonchev–Trinajstić information content (AvgIpc) is 2.75. The van der Waals surface area contributed by atoms with E-state index in [2.05, 4.69) is 5.16 Å². The van der Waals surface area contributed by atoms with Gasteiger partial charge in [-0.1, -0.05) is 5.16 Å². The van der Waals surface area contributed by atoms with E-state index in [9.17, 15) is 9.59 Å². The first-order valence-corrected chi connectivity index (χ1v) is 6.52. The molecule has 0 radical (unpaired) electrons. The Balaban J connectivity index is 1.98. The third-order valence-corrected chi connectivity index (χ3v) is 3.50. The van der Waals surface area contributed by atoms with E-state index >= 15 is 0 Å². The standard InChI is InChI=1S/C13H18N2O5/c1-8-10(9(2)20-14-8)3-4-12(16)15-5-6-19-7-11(15)13(17)18/h11H,3-7H2,1-2H3,(H,17,18)/t11-/m1/s1. The summed E-state index contributed by atoms with van der Waals surface area (Å²) in [6, 6.07) is -0.888. The summed E-state index contributed by atoms with van der Waals surface area (Å²) in [6.07, 6.45) is 0.746. The Labute approximate surface area is 116 Å². The monoisotopic (exact) mass is 282 g/mol.